The summed E-state index contributed by atoms with van der Waals surface area (Å²) in [6.07, 6.45) is 3.21. The molecule has 3 amide bonds. The van der Waals surface area contributed by atoms with Gasteiger partial charge in [0, 0.05) is 45.0 Å². The van der Waals surface area contributed by atoms with E-state index < -0.39 is 22.0 Å². The molecule has 33 heavy (non-hydrogen) atoms. The highest BCUT2D eigenvalue weighted by atomic mass is 32.2. The zero-order chi connectivity index (χ0) is 23.3. The van der Waals surface area contributed by atoms with Gasteiger partial charge in [0.25, 0.3) is 0 Å². The van der Waals surface area contributed by atoms with Crippen LogP contribution in [0.3, 0.4) is 0 Å². The van der Waals surface area contributed by atoms with Crippen LogP contribution in [0.1, 0.15) is 18.4 Å². The van der Waals surface area contributed by atoms with E-state index in [9.17, 15) is 18.0 Å². The molecule has 1 saturated carbocycles. The lowest BCUT2D eigenvalue weighted by Gasteiger charge is -2.33. The predicted molar refractivity (Wildman–Crippen MR) is 125 cm³/mol. The lowest BCUT2D eigenvalue weighted by atomic mass is 10.2. The molecule has 0 spiro atoms. The van der Waals surface area contributed by atoms with Crippen molar-refractivity contribution in [3.05, 3.63) is 54.2 Å². The minimum Gasteiger partial charge on any atom is -0.335 e. The molecule has 176 valence electrons. The topological polar surface area (TPSA) is 112 Å². The van der Waals surface area contributed by atoms with Crippen molar-refractivity contribution in [3.8, 4) is 0 Å². The van der Waals surface area contributed by atoms with Gasteiger partial charge in [-0.2, -0.15) is 4.31 Å². The van der Waals surface area contributed by atoms with Crippen molar-refractivity contribution >= 4 is 33.7 Å². The second kappa shape index (κ2) is 10.6. The third-order valence-corrected chi connectivity index (χ3v) is 8.27. The number of aromatic nitrogens is 1. The highest BCUT2D eigenvalue weighted by Crippen LogP contribution is 2.21. The molecule has 1 saturated heterocycles. The van der Waals surface area contributed by atoms with Gasteiger partial charge in [0.1, 0.15) is 4.90 Å². The van der Waals surface area contributed by atoms with E-state index in [1.165, 1.54) is 22.1 Å². The molecule has 0 atom stereocenters. The number of urea groups is 1. The number of hydrogen-bond donors (Lipinski definition) is 2. The monoisotopic (exact) mass is 489 g/mol. The number of pyridine rings is 1. The maximum absolute atomic E-state index is 13.0. The Morgan fingerprint density at radius 3 is 2.39 bits per heavy atom. The van der Waals surface area contributed by atoms with Crippen molar-refractivity contribution in [2.24, 2.45) is 0 Å². The van der Waals surface area contributed by atoms with Crippen LogP contribution in [-0.4, -0.2) is 72.5 Å². The van der Waals surface area contributed by atoms with Crippen molar-refractivity contribution in [1.29, 1.82) is 0 Å². The summed E-state index contributed by atoms with van der Waals surface area (Å²) < 4.78 is 27.5. The van der Waals surface area contributed by atoms with Crippen LogP contribution in [0.15, 0.2) is 58.6 Å². The number of nitrogens with zero attached hydrogens (tertiary/aromatic N) is 3. The SMILES string of the molecule is O=C(CSc1ccc(S(=O)(=O)N2CCN(Cc3ccccc3)CC2)cn1)NC(=O)NC1CC1. The van der Waals surface area contributed by atoms with Crippen LogP contribution in [0.4, 0.5) is 4.79 Å². The van der Waals surface area contributed by atoms with Crippen LogP contribution in [-0.2, 0) is 21.4 Å². The Morgan fingerprint density at radius 1 is 1.03 bits per heavy atom. The van der Waals surface area contributed by atoms with E-state index in [2.05, 4.69) is 32.7 Å². The number of imide groups is 1. The van der Waals surface area contributed by atoms with Crippen LogP contribution in [0.25, 0.3) is 0 Å². The summed E-state index contributed by atoms with van der Waals surface area (Å²) in [6.45, 7) is 2.99. The normalized spacial score (nSPS) is 17.5. The molecule has 2 N–H and O–H groups in total. The first kappa shape index (κ1) is 23.7. The highest BCUT2D eigenvalue weighted by Gasteiger charge is 2.29. The molecule has 0 radical (unpaired) electrons. The van der Waals surface area contributed by atoms with Crippen LogP contribution in [0.2, 0.25) is 0 Å². The molecule has 1 aliphatic carbocycles. The van der Waals surface area contributed by atoms with Crippen molar-refractivity contribution < 1.29 is 18.0 Å². The minimum absolute atomic E-state index is 0.0144. The predicted octanol–water partition coefficient (Wildman–Crippen LogP) is 1.67. The zero-order valence-electron chi connectivity index (χ0n) is 18.1. The van der Waals surface area contributed by atoms with Gasteiger partial charge < -0.3 is 5.32 Å². The number of carbonyl (C=O) groups excluding carboxylic acids is 2. The third-order valence-electron chi connectivity index (χ3n) is 5.44. The van der Waals surface area contributed by atoms with Crippen molar-refractivity contribution in [2.75, 3.05) is 31.9 Å². The Labute approximate surface area is 198 Å². The minimum atomic E-state index is -3.63. The molecular weight excluding hydrogens is 462 g/mol. The number of amides is 3. The molecule has 11 heteroatoms. The van der Waals surface area contributed by atoms with E-state index in [1.54, 1.807) is 6.07 Å². The summed E-state index contributed by atoms with van der Waals surface area (Å²) in [5, 5.41) is 5.47. The molecule has 2 aromatic rings. The Hall–Kier alpha value is -2.47. The smallest absolute Gasteiger partial charge is 0.321 e. The zero-order valence-corrected chi connectivity index (χ0v) is 19.8. The fourth-order valence-corrected chi connectivity index (χ4v) is 5.49. The number of thioether (sulfide) groups is 1. The van der Waals surface area contributed by atoms with E-state index in [0.717, 1.165) is 31.1 Å². The van der Waals surface area contributed by atoms with Crippen molar-refractivity contribution in [3.63, 3.8) is 0 Å². The van der Waals surface area contributed by atoms with E-state index in [1.807, 2.05) is 18.2 Å². The first-order chi connectivity index (χ1) is 15.9. The number of nitrogens with one attached hydrogen (secondary N) is 2. The van der Waals surface area contributed by atoms with Gasteiger partial charge in [-0.1, -0.05) is 42.1 Å². The lowest BCUT2D eigenvalue weighted by Crippen LogP contribution is -2.48. The Morgan fingerprint density at radius 2 is 1.76 bits per heavy atom. The van der Waals surface area contributed by atoms with E-state index in [0.29, 0.717) is 31.2 Å². The van der Waals surface area contributed by atoms with Crippen molar-refractivity contribution in [2.45, 2.75) is 35.3 Å². The Kier molecular flexibility index (Phi) is 7.63. The molecule has 2 heterocycles. The van der Waals surface area contributed by atoms with Gasteiger partial charge in [0.05, 0.1) is 10.8 Å². The number of sulfonamides is 1. The standard InChI is InChI=1S/C22H27N5O4S2/c28-20(25-22(29)24-18-6-7-18)16-32-21-9-8-19(14-23-21)33(30,31)27-12-10-26(11-13-27)15-17-4-2-1-3-5-17/h1-5,8-9,14,18H,6-7,10-13,15-16H2,(H2,24,25,28,29). The van der Waals surface area contributed by atoms with Gasteiger partial charge in [-0.15, -0.1) is 0 Å². The summed E-state index contributed by atoms with van der Waals surface area (Å²) in [7, 11) is -3.63. The quantitative estimate of drug-likeness (QED) is 0.543. The summed E-state index contributed by atoms with van der Waals surface area (Å²) in [6, 6.07) is 12.9. The lowest BCUT2D eigenvalue weighted by molar-refractivity contribution is -0.117. The Bertz CT molecular complexity index is 1070. The maximum Gasteiger partial charge on any atom is 0.321 e. The fourth-order valence-electron chi connectivity index (χ4n) is 3.47. The van der Waals surface area contributed by atoms with Crippen LogP contribution in [0, 0.1) is 0 Å². The summed E-state index contributed by atoms with van der Waals surface area (Å²) in [5.74, 6) is -0.411. The Balaban J connectivity index is 1.25. The average molecular weight is 490 g/mol. The van der Waals surface area contributed by atoms with Gasteiger partial charge in [-0.3, -0.25) is 15.0 Å². The molecule has 4 rings (SSSR count). The van der Waals surface area contributed by atoms with E-state index in [4.69, 9.17) is 0 Å². The summed E-state index contributed by atoms with van der Waals surface area (Å²) in [4.78, 5) is 30.0. The number of hydrogen-bond acceptors (Lipinski definition) is 7. The molecule has 2 aliphatic rings. The maximum atomic E-state index is 13.0. The molecule has 0 bridgehead atoms. The van der Waals surface area contributed by atoms with Gasteiger partial charge in [-0.25, -0.2) is 18.2 Å². The first-order valence-electron chi connectivity index (χ1n) is 10.9. The molecule has 0 unspecified atom stereocenters. The molecular formula is C22H27N5O4S2. The third kappa shape index (κ3) is 6.76. The van der Waals surface area contributed by atoms with Crippen molar-refractivity contribution in [1.82, 2.24) is 24.8 Å². The van der Waals surface area contributed by atoms with Gasteiger partial charge in [0.2, 0.25) is 15.9 Å². The summed E-state index contributed by atoms with van der Waals surface area (Å²) in [5.41, 5.74) is 1.21. The highest BCUT2D eigenvalue weighted by molar-refractivity contribution is 7.99. The van der Waals surface area contributed by atoms with Crippen LogP contribution >= 0.6 is 11.8 Å². The largest absolute Gasteiger partial charge is 0.335 e. The van der Waals surface area contributed by atoms with Gasteiger partial charge in [0.15, 0.2) is 0 Å². The summed E-state index contributed by atoms with van der Waals surface area (Å²) >= 11 is 1.14. The number of rotatable bonds is 8. The number of benzene rings is 1. The fraction of sp³-hybridized carbons (Fsp3) is 0.409. The molecule has 1 aliphatic heterocycles. The second-order valence-corrected chi connectivity index (χ2v) is 11.0. The van der Waals surface area contributed by atoms with Crippen LogP contribution < -0.4 is 10.6 Å². The molecule has 2 fully saturated rings. The van der Waals surface area contributed by atoms with Gasteiger partial charge >= 0.3 is 6.03 Å². The number of piperazine rings is 1. The van der Waals surface area contributed by atoms with E-state index >= 15 is 0 Å². The average Bonchev–Trinajstić information content (AvgIpc) is 3.63. The molecule has 9 nitrogen and oxygen atoms in total. The second-order valence-electron chi connectivity index (χ2n) is 8.08. The number of carbonyl (C=O) groups is 2. The molecule has 1 aromatic heterocycles. The van der Waals surface area contributed by atoms with E-state index in [-0.39, 0.29) is 16.7 Å². The van der Waals surface area contributed by atoms with Gasteiger partial charge in [-0.05, 0) is 30.5 Å². The first-order valence-corrected chi connectivity index (χ1v) is 13.3. The molecule has 1 aromatic carbocycles. The van der Waals surface area contributed by atoms with Crippen LogP contribution in [0.5, 0.6) is 0 Å².